The topological polar surface area (TPSA) is 0 Å². The van der Waals surface area contributed by atoms with Crippen LogP contribution in [0.4, 0.5) is 0 Å². The summed E-state index contributed by atoms with van der Waals surface area (Å²) in [5, 5.41) is 0. The van der Waals surface area contributed by atoms with Crippen molar-refractivity contribution in [3.05, 3.63) is 0 Å². The van der Waals surface area contributed by atoms with Crippen molar-refractivity contribution in [3.63, 3.8) is 0 Å². The van der Waals surface area contributed by atoms with E-state index in [2.05, 4.69) is 41.5 Å². The summed E-state index contributed by atoms with van der Waals surface area (Å²) in [6.45, 7) is 13.9. The Hall–Kier alpha value is 0. The lowest BCUT2D eigenvalue weighted by Crippen LogP contribution is -2.18. The molecule has 2 atom stereocenters. The zero-order valence-corrected chi connectivity index (χ0v) is 8.31. The van der Waals surface area contributed by atoms with Gasteiger partial charge in [0.05, 0.1) is 0 Å². The Kier molecular flexibility index (Phi) is 4.00. The van der Waals surface area contributed by atoms with Crippen LogP contribution in [0.15, 0.2) is 0 Å². The first-order chi connectivity index (χ1) is 4.46. The number of hydrogen-bond acceptors (Lipinski definition) is 0. The van der Waals surface area contributed by atoms with Crippen LogP contribution in [0.5, 0.6) is 0 Å². The van der Waals surface area contributed by atoms with Gasteiger partial charge < -0.3 is 0 Å². The van der Waals surface area contributed by atoms with Crippen LogP contribution >= 0.6 is 0 Å². The van der Waals surface area contributed by atoms with Gasteiger partial charge in [0.1, 0.15) is 0 Å². The maximum absolute atomic E-state index is 2.36. The molecule has 0 radical (unpaired) electrons. The zero-order valence-electron chi connectivity index (χ0n) is 8.31. The quantitative estimate of drug-likeness (QED) is 0.565. The van der Waals surface area contributed by atoms with Crippen LogP contribution < -0.4 is 0 Å². The monoisotopic (exact) mass is 142 g/mol. The molecular formula is C10H22. The third-order valence-corrected chi connectivity index (χ3v) is 2.93. The molecule has 0 fully saturated rings. The summed E-state index contributed by atoms with van der Waals surface area (Å²) >= 11 is 0. The molecule has 0 heteroatoms. The SMILES string of the molecule is CC(C)C(C)C(C)C(C)C. The Morgan fingerprint density at radius 3 is 0.800 bits per heavy atom. The van der Waals surface area contributed by atoms with Crippen molar-refractivity contribution in [3.8, 4) is 0 Å². The largest absolute Gasteiger partial charge is 0.0625 e. The second-order valence-electron chi connectivity index (χ2n) is 4.21. The normalized spacial score (nSPS) is 18.0. The molecule has 0 N–H and O–H groups in total. The van der Waals surface area contributed by atoms with E-state index in [1.165, 1.54) is 0 Å². The summed E-state index contributed by atoms with van der Waals surface area (Å²) in [5.74, 6) is 3.38. The van der Waals surface area contributed by atoms with E-state index in [9.17, 15) is 0 Å². The predicted molar refractivity (Wildman–Crippen MR) is 48.0 cm³/mol. The van der Waals surface area contributed by atoms with Crippen molar-refractivity contribution in [2.24, 2.45) is 23.7 Å². The van der Waals surface area contributed by atoms with Gasteiger partial charge >= 0.3 is 0 Å². The fourth-order valence-electron chi connectivity index (χ4n) is 1.21. The Morgan fingerprint density at radius 2 is 0.700 bits per heavy atom. The van der Waals surface area contributed by atoms with Gasteiger partial charge in [0.25, 0.3) is 0 Å². The Bertz CT molecular complexity index is 70.0. The van der Waals surface area contributed by atoms with E-state index < -0.39 is 0 Å². The highest BCUT2D eigenvalue weighted by atomic mass is 14.2. The van der Waals surface area contributed by atoms with E-state index in [1.54, 1.807) is 0 Å². The van der Waals surface area contributed by atoms with E-state index in [0.717, 1.165) is 23.7 Å². The fraction of sp³-hybridized carbons (Fsp3) is 1.00. The van der Waals surface area contributed by atoms with Crippen molar-refractivity contribution in [1.29, 1.82) is 0 Å². The van der Waals surface area contributed by atoms with Gasteiger partial charge in [-0.2, -0.15) is 0 Å². The molecule has 0 bridgehead atoms. The highest BCUT2D eigenvalue weighted by Crippen LogP contribution is 2.25. The molecular weight excluding hydrogens is 120 g/mol. The van der Waals surface area contributed by atoms with Crippen LogP contribution in [0.3, 0.4) is 0 Å². The van der Waals surface area contributed by atoms with E-state index in [4.69, 9.17) is 0 Å². The van der Waals surface area contributed by atoms with Crippen molar-refractivity contribution >= 4 is 0 Å². The summed E-state index contributed by atoms with van der Waals surface area (Å²) in [6, 6.07) is 0. The average molecular weight is 142 g/mol. The average Bonchev–Trinajstić information content (AvgIpc) is 1.84. The van der Waals surface area contributed by atoms with Crippen molar-refractivity contribution in [1.82, 2.24) is 0 Å². The van der Waals surface area contributed by atoms with Crippen molar-refractivity contribution in [2.45, 2.75) is 41.5 Å². The summed E-state index contributed by atoms with van der Waals surface area (Å²) in [7, 11) is 0. The van der Waals surface area contributed by atoms with E-state index >= 15 is 0 Å². The molecule has 0 aromatic carbocycles. The molecule has 0 amide bonds. The first-order valence-electron chi connectivity index (χ1n) is 4.46. The molecule has 10 heavy (non-hydrogen) atoms. The minimum absolute atomic E-state index is 0.831. The van der Waals surface area contributed by atoms with E-state index in [1.807, 2.05) is 0 Å². The molecule has 0 spiro atoms. The lowest BCUT2D eigenvalue weighted by atomic mass is 9.80. The second-order valence-corrected chi connectivity index (χ2v) is 4.21. The lowest BCUT2D eigenvalue weighted by Gasteiger charge is -2.26. The molecule has 0 aromatic heterocycles. The van der Waals surface area contributed by atoms with Gasteiger partial charge in [-0.3, -0.25) is 0 Å². The third kappa shape index (κ3) is 2.72. The van der Waals surface area contributed by atoms with Gasteiger partial charge in [-0.25, -0.2) is 0 Å². The van der Waals surface area contributed by atoms with E-state index in [-0.39, 0.29) is 0 Å². The smallest absolute Gasteiger partial charge is 0.0391 e. The fourth-order valence-corrected chi connectivity index (χ4v) is 1.21. The zero-order chi connectivity index (χ0) is 8.31. The first-order valence-corrected chi connectivity index (χ1v) is 4.46. The van der Waals surface area contributed by atoms with Gasteiger partial charge in [0, 0.05) is 0 Å². The van der Waals surface area contributed by atoms with Gasteiger partial charge in [-0.05, 0) is 23.7 Å². The van der Waals surface area contributed by atoms with Crippen LogP contribution in [0.25, 0.3) is 0 Å². The minimum atomic E-state index is 0.831. The van der Waals surface area contributed by atoms with Gasteiger partial charge in [0.2, 0.25) is 0 Å². The van der Waals surface area contributed by atoms with Gasteiger partial charge in [0.15, 0.2) is 0 Å². The van der Waals surface area contributed by atoms with Crippen LogP contribution in [-0.4, -0.2) is 0 Å². The molecule has 62 valence electrons. The number of rotatable bonds is 3. The van der Waals surface area contributed by atoms with Crippen LogP contribution in [-0.2, 0) is 0 Å². The standard InChI is InChI=1S/C10H22/c1-7(2)9(5)10(6)8(3)4/h7-10H,1-6H3. The maximum atomic E-state index is 2.36. The Morgan fingerprint density at radius 1 is 0.500 bits per heavy atom. The molecule has 0 aliphatic rings. The predicted octanol–water partition coefficient (Wildman–Crippen LogP) is 3.57. The summed E-state index contributed by atoms with van der Waals surface area (Å²) < 4.78 is 0. The molecule has 0 aliphatic carbocycles. The van der Waals surface area contributed by atoms with E-state index in [0.29, 0.717) is 0 Å². The lowest BCUT2D eigenvalue weighted by molar-refractivity contribution is 0.235. The third-order valence-electron chi connectivity index (χ3n) is 2.93. The van der Waals surface area contributed by atoms with Crippen LogP contribution in [0, 0.1) is 23.7 Å². The summed E-state index contributed by atoms with van der Waals surface area (Å²) in [6.07, 6.45) is 0. The van der Waals surface area contributed by atoms with Crippen molar-refractivity contribution < 1.29 is 0 Å². The molecule has 0 saturated heterocycles. The van der Waals surface area contributed by atoms with Crippen LogP contribution in [0.2, 0.25) is 0 Å². The molecule has 0 saturated carbocycles. The van der Waals surface area contributed by atoms with Gasteiger partial charge in [-0.1, -0.05) is 41.5 Å². The number of hydrogen-bond donors (Lipinski definition) is 0. The second kappa shape index (κ2) is 4.00. The summed E-state index contributed by atoms with van der Waals surface area (Å²) in [5.41, 5.74) is 0. The first kappa shape index (κ1) is 10.0. The van der Waals surface area contributed by atoms with Crippen molar-refractivity contribution in [2.75, 3.05) is 0 Å². The Labute approximate surface area is 66.0 Å². The highest BCUT2D eigenvalue weighted by Gasteiger charge is 2.17. The molecule has 0 heterocycles. The molecule has 2 unspecified atom stereocenters. The molecule has 0 aliphatic heterocycles. The molecule has 0 aromatic rings. The summed E-state index contributed by atoms with van der Waals surface area (Å²) in [4.78, 5) is 0. The maximum Gasteiger partial charge on any atom is -0.0391 e. The molecule has 0 rings (SSSR count). The highest BCUT2D eigenvalue weighted by molar-refractivity contribution is 4.67. The Balaban J connectivity index is 3.81. The van der Waals surface area contributed by atoms with Crippen LogP contribution in [0.1, 0.15) is 41.5 Å². The van der Waals surface area contributed by atoms with Gasteiger partial charge in [-0.15, -0.1) is 0 Å². The molecule has 0 nitrogen and oxygen atoms in total. The minimum Gasteiger partial charge on any atom is -0.0625 e.